The summed E-state index contributed by atoms with van der Waals surface area (Å²) in [4.78, 5) is 24.5. The molecule has 0 fully saturated rings. The van der Waals surface area contributed by atoms with Crippen LogP contribution in [0.4, 0.5) is 0 Å². The number of aryl methyl sites for hydroxylation is 2. The average Bonchev–Trinajstić information content (AvgIpc) is 2.38. The van der Waals surface area contributed by atoms with Gasteiger partial charge in [0.15, 0.2) is 0 Å². The number of amides is 1. The van der Waals surface area contributed by atoms with Gasteiger partial charge in [0, 0.05) is 20.0 Å². The molecular formula is C15H21NO3. The smallest absolute Gasteiger partial charge is 0.306 e. The predicted octanol–water partition coefficient (Wildman–Crippen LogP) is 2.22. The summed E-state index contributed by atoms with van der Waals surface area (Å²) in [6.07, 6.45) is 0.320. The summed E-state index contributed by atoms with van der Waals surface area (Å²) in [6.45, 7) is 4.64. The highest BCUT2D eigenvalue weighted by Crippen LogP contribution is 2.13. The largest absolute Gasteiger partial charge is 0.469 e. The number of rotatable bonds is 5. The molecule has 1 aromatic rings. The summed E-state index contributed by atoms with van der Waals surface area (Å²) in [5.41, 5.74) is 3.51. The molecule has 0 atom stereocenters. The van der Waals surface area contributed by atoms with E-state index in [1.54, 1.807) is 11.9 Å². The van der Waals surface area contributed by atoms with Crippen LogP contribution in [0, 0.1) is 13.8 Å². The number of nitrogens with zero attached hydrogens (tertiary/aromatic N) is 1. The first-order chi connectivity index (χ1) is 8.93. The van der Waals surface area contributed by atoms with Crippen molar-refractivity contribution in [3.8, 4) is 0 Å². The number of benzene rings is 1. The molecule has 0 aliphatic carbocycles. The lowest BCUT2D eigenvalue weighted by atomic mass is 10.1. The molecule has 104 valence electrons. The molecule has 1 rings (SSSR count). The number of ether oxygens (including phenoxy) is 1. The molecule has 0 aliphatic heterocycles. The third-order valence-electron chi connectivity index (χ3n) is 3.10. The quantitative estimate of drug-likeness (QED) is 0.765. The normalized spacial score (nSPS) is 10.1. The first kappa shape index (κ1) is 15.2. The van der Waals surface area contributed by atoms with Gasteiger partial charge in [-0.2, -0.15) is 0 Å². The van der Waals surface area contributed by atoms with E-state index < -0.39 is 0 Å². The molecule has 0 saturated carbocycles. The summed E-state index contributed by atoms with van der Waals surface area (Å²) < 4.78 is 4.52. The molecule has 4 nitrogen and oxygen atoms in total. The van der Waals surface area contributed by atoms with Crippen LogP contribution in [-0.2, 0) is 20.9 Å². The van der Waals surface area contributed by atoms with Crippen molar-refractivity contribution in [2.45, 2.75) is 33.2 Å². The van der Waals surface area contributed by atoms with Gasteiger partial charge in [0.2, 0.25) is 5.91 Å². The van der Waals surface area contributed by atoms with Gasteiger partial charge >= 0.3 is 5.97 Å². The maximum atomic E-state index is 11.9. The SMILES string of the molecule is COC(=O)CCC(=O)N(C)Cc1ccc(C)cc1C. The Balaban J connectivity index is 2.56. The fraction of sp³-hybridized carbons (Fsp3) is 0.467. The van der Waals surface area contributed by atoms with Crippen molar-refractivity contribution < 1.29 is 14.3 Å². The van der Waals surface area contributed by atoms with Crippen LogP contribution in [0.2, 0.25) is 0 Å². The Hall–Kier alpha value is -1.84. The molecule has 0 bridgehead atoms. The van der Waals surface area contributed by atoms with Gasteiger partial charge in [-0.05, 0) is 25.0 Å². The van der Waals surface area contributed by atoms with Gasteiger partial charge in [0.25, 0.3) is 0 Å². The van der Waals surface area contributed by atoms with Crippen LogP contribution in [0.15, 0.2) is 18.2 Å². The Morgan fingerprint density at radius 1 is 1.21 bits per heavy atom. The van der Waals surface area contributed by atoms with E-state index in [1.807, 2.05) is 26.0 Å². The second kappa shape index (κ2) is 6.92. The Labute approximate surface area is 114 Å². The second-order valence-electron chi connectivity index (χ2n) is 4.76. The number of carbonyl (C=O) groups is 2. The summed E-state index contributed by atoms with van der Waals surface area (Å²) in [5.74, 6) is -0.404. The molecule has 0 unspecified atom stereocenters. The topological polar surface area (TPSA) is 46.6 Å². The van der Waals surface area contributed by atoms with Crippen LogP contribution in [0.5, 0.6) is 0 Å². The predicted molar refractivity (Wildman–Crippen MR) is 73.6 cm³/mol. The maximum Gasteiger partial charge on any atom is 0.306 e. The lowest BCUT2D eigenvalue weighted by molar-refractivity contribution is -0.143. The molecule has 0 radical (unpaired) electrons. The Morgan fingerprint density at radius 2 is 1.89 bits per heavy atom. The van der Waals surface area contributed by atoms with Crippen molar-refractivity contribution in [3.63, 3.8) is 0 Å². The van der Waals surface area contributed by atoms with Crippen LogP contribution >= 0.6 is 0 Å². The van der Waals surface area contributed by atoms with E-state index in [-0.39, 0.29) is 24.7 Å². The van der Waals surface area contributed by atoms with E-state index in [0.29, 0.717) is 6.54 Å². The highest BCUT2D eigenvalue weighted by Gasteiger charge is 2.12. The maximum absolute atomic E-state index is 11.9. The first-order valence-corrected chi connectivity index (χ1v) is 6.31. The number of esters is 1. The van der Waals surface area contributed by atoms with E-state index in [9.17, 15) is 9.59 Å². The third kappa shape index (κ3) is 4.73. The van der Waals surface area contributed by atoms with Crippen molar-refractivity contribution in [3.05, 3.63) is 34.9 Å². The highest BCUT2D eigenvalue weighted by atomic mass is 16.5. The monoisotopic (exact) mass is 263 g/mol. The number of carbonyl (C=O) groups excluding carboxylic acids is 2. The zero-order chi connectivity index (χ0) is 14.4. The van der Waals surface area contributed by atoms with Crippen LogP contribution in [0.3, 0.4) is 0 Å². The third-order valence-corrected chi connectivity index (χ3v) is 3.10. The van der Waals surface area contributed by atoms with Gasteiger partial charge in [-0.1, -0.05) is 23.8 Å². The van der Waals surface area contributed by atoms with Crippen LogP contribution in [0.1, 0.15) is 29.5 Å². The van der Waals surface area contributed by atoms with E-state index in [1.165, 1.54) is 18.2 Å². The minimum absolute atomic E-state index is 0.0506. The fourth-order valence-corrected chi connectivity index (χ4v) is 1.87. The lowest BCUT2D eigenvalue weighted by Gasteiger charge is -2.18. The van der Waals surface area contributed by atoms with Crippen molar-refractivity contribution in [1.29, 1.82) is 0 Å². The van der Waals surface area contributed by atoms with Gasteiger partial charge in [-0.3, -0.25) is 9.59 Å². The number of hydrogen-bond acceptors (Lipinski definition) is 3. The van der Waals surface area contributed by atoms with Crippen molar-refractivity contribution in [2.24, 2.45) is 0 Å². The minimum atomic E-state index is -0.353. The fourth-order valence-electron chi connectivity index (χ4n) is 1.87. The minimum Gasteiger partial charge on any atom is -0.469 e. The van der Waals surface area contributed by atoms with E-state index in [4.69, 9.17) is 0 Å². The van der Waals surface area contributed by atoms with E-state index in [2.05, 4.69) is 10.8 Å². The molecule has 0 saturated heterocycles. The van der Waals surface area contributed by atoms with Crippen molar-refractivity contribution in [1.82, 2.24) is 4.90 Å². The number of methoxy groups -OCH3 is 1. The molecule has 4 heteroatoms. The number of hydrogen-bond donors (Lipinski definition) is 0. The Morgan fingerprint density at radius 3 is 2.47 bits per heavy atom. The Kier molecular flexibility index (Phi) is 5.55. The standard InChI is InChI=1S/C15H21NO3/c1-11-5-6-13(12(2)9-11)10-16(3)14(17)7-8-15(18)19-4/h5-6,9H,7-8,10H2,1-4H3. The average molecular weight is 263 g/mol. The first-order valence-electron chi connectivity index (χ1n) is 6.31. The lowest BCUT2D eigenvalue weighted by Crippen LogP contribution is -2.27. The van der Waals surface area contributed by atoms with E-state index in [0.717, 1.165) is 5.56 Å². The summed E-state index contributed by atoms with van der Waals surface area (Å²) in [5, 5.41) is 0. The van der Waals surface area contributed by atoms with Gasteiger partial charge < -0.3 is 9.64 Å². The van der Waals surface area contributed by atoms with Crippen molar-refractivity contribution >= 4 is 11.9 Å². The van der Waals surface area contributed by atoms with Crippen LogP contribution in [-0.4, -0.2) is 30.9 Å². The molecule has 0 spiro atoms. The van der Waals surface area contributed by atoms with Gasteiger partial charge in [0.05, 0.1) is 13.5 Å². The zero-order valence-corrected chi connectivity index (χ0v) is 12.0. The van der Waals surface area contributed by atoms with Gasteiger partial charge in [0.1, 0.15) is 0 Å². The molecule has 1 aromatic carbocycles. The van der Waals surface area contributed by atoms with Gasteiger partial charge in [-0.25, -0.2) is 0 Å². The summed E-state index contributed by atoms with van der Waals surface area (Å²) in [6, 6.07) is 6.17. The van der Waals surface area contributed by atoms with E-state index >= 15 is 0 Å². The molecule has 0 aromatic heterocycles. The molecule has 0 heterocycles. The molecule has 1 amide bonds. The second-order valence-corrected chi connectivity index (χ2v) is 4.76. The summed E-state index contributed by atoms with van der Waals surface area (Å²) >= 11 is 0. The molecule has 0 N–H and O–H groups in total. The highest BCUT2D eigenvalue weighted by molar-refractivity contribution is 5.81. The van der Waals surface area contributed by atoms with Gasteiger partial charge in [-0.15, -0.1) is 0 Å². The van der Waals surface area contributed by atoms with Crippen LogP contribution in [0.25, 0.3) is 0 Å². The van der Waals surface area contributed by atoms with Crippen molar-refractivity contribution in [2.75, 3.05) is 14.2 Å². The van der Waals surface area contributed by atoms with Crippen LogP contribution < -0.4 is 0 Å². The zero-order valence-electron chi connectivity index (χ0n) is 12.0. The molecule has 0 aliphatic rings. The Bertz CT molecular complexity index is 468. The summed E-state index contributed by atoms with van der Waals surface area (Å²) in [7, 11) is 3.07. The molecule has 19 heavy (non-hydrogen) atoms. The molecular weight excluding hydrogens is 242 g/mol.